The lowest BCUT2D eigenvalue weighted by Gasteiger charge is -2.53. The molecule has 1 heterocycles. The first-order valence-electron chi connectivity index (χ1n) is 12.2. The van der Waals surface area contributed by atoms with Crippen LogP contribution in [0.15, 0.2) is 48.5 Å². The van der Waals surface area contributed by atoms with Gasteiger partial charge in [0.2, 0.25) is 5.91 Å². The highest BCUT2D eigenvalue weighted by Gasteiger charge is 2.56. The van der Waals surface area contributed by atoms with E-state index in [4.69, 9.17) is 23.2 Å². The molecular formula is C27H31Cl2NO5S. The second-order valence-electron chi connectivity index (χ2n) is 10.3. The molecule has 6 nitrogen and oxygen atoms in total. The van der Waals surface area contributed by atoms with Gasteiger partial charge in [-0.15, -0.1) is 0 Å². The van der Waals surface area contributed by atoms with E-state index < -0.39 is 33.3 Å². The van der Waals surface area contributed by atoms with Crippen LogP contribution in [-0.2, 0) is 19.4 Å². The molecule has 1 aliphatic carbocycles. The van der Waals surface area contributed by atoms with Gasteiger partial charge >= 0.3 is 5.97 Å². The SMILES string of the molecule is CC[C@]1(CC(=O)O)C[C@H](c2cccc(Cl)c2)[C@@H](c2ccc(Cl)cc2)N(C(CS(C)(=O)=O)C2CC2)C1=O. The van der Waals surface area contributed by atoms with Crippen LogP contribution in [-0.4, -0.2) is 48.4 Å². The second kappa shape index (κ2) is 10.3. The Hall–Kier alpha value is -2.09. The summed E-state index contributed by atoms with van der Waals surface area (Å²) in [5.41, 5.74) is 0.556. The lowest BCUT2D eigenvalue weighted by Crippen LogP contribution is -2.58. The van der Waals surface area contributed by atoms with Gasteiger partial charge in [0.25, 0.3) is 0 Å². The Balaban J connectivity index is 1.96. The predicted octanol–water partition coefficient (Wildman–Crippen LogP) is 5.74. The highest BCUT2D eigenvalue weighted by molar-refractivity contribution is 7.90. The van der Waals surface area contributed by atoms with E-state index in [-0.39, 0.29) is 29.9 Å². The van der Waals surface area contributed by atoms with Crippen molar-refractivity contribution >= 4 is 44.9 Å². The molecular weight excluding hydrogens is 521 g/mol. The van der Waals surface area contributed by atoms with Gasteiger partial charge in [0.15, 0.2) is 0 Å². The zero-order valence-electron chi connectivity index (χ0n) is 20.4. The summed E-state index contributed by atoms with van der Waals surface area (Å²) in [4.78, 5) is 28.1. The number of carbonyl (C=O) groups is 2. The molecule has 2 aromatic carbocycles. The Kier molecular flexibility index (Phi) is 7.75. The average Bonchev–Trinajstić information content (AvgIpc) is 3.64. The Morgan fingerprint density at radius 2 is 1.78 bits per heavy atom. The predicted molar refractivity (Wildman–Crippen MR) is 141 cm³/mol. The van der Waals surface area contributed by atoms with Crippen LogP contribution >= 0.6 is 23.2 Å². The molecule has 9 heteroatoms. The fourth-order valence-electron chi connectivity index (χ4n) is 5.75. The Morgan fingerprint density at radius 3 is 2.31 bits per heavy atom. The molecule has 1 N–H and O–H groups in total. The maximum Gasteiger partial charge on any atom is 0.304 e. The molecule has 4 atom stereocenters. The molecule has 0 spiro atoms. The number of halogens is 2. The van der Waals surface area contributed by atoms with E-state index >= 15 is 0 Å². The van der Waals surface area contributed by atoms with Crippen LogP contribution in [0.4, 0.5) is 0 Å². The van der Waals surface area contributed by atoms with E-state index in [0.29, 0.717) is 22.9 Å². The van der Waals surface area contributed by atoms with E-state index in [1.165, 1.54) is 6.26 Å². The number of carboxylic acids is 1. The zero-order valence-corrected chi connectivity index (χ0v) is 22.7. The van der Waals surface area contributed by atoms with Crippen molar-refractivity contribution in [3.63, 3.8) is 0 Å². The summed E-state index contributed by atoms with van der Waals surface area (Å²) in [6.07, 6.45) is 3.17. The summed E-state index contributed by atoms with van der Waals surface area (Å²) in [7, 11) is -3.42. The van der Waals surface area contributed by atoms with Gasteiger partial charge in [-0.3, -0.25) is 9.59 Å². The summed E-state index contributed by atoms with van der Waals surface area (Å²) in [6.45, 7) is 1.83. The summed E-state index contributed by atoms with van der Waals surface area (Å²) in [6, 6.07) is 13.6. The number of rotatable bonds is 9. The highest BCUT2D eigenvalue weighted by atomic mass is 35.5. The van der Waals surface area contributed by atoms with Crippen LogP contribution in [0.3, 0.4) is 0 Å². The number of benzene rings is 2. The number of carbonyl (C=O) groups excluding carboxylic acids is 1. The Morgan fingerprint density at radius 1 is 1.11 bits per heavy atom. The Labute approximate surface area is 222 Å². The van der Waals surface area contributed by atoms with Crippen LogP contribution in [0.1, 0.15) is 62.1 Å². The number of piperidine rings is 1. The van der Waals surface area contributed by atoms with Crippen molar-refractivity contribution in [2.24, 2.45) is 11.3 Å². The van der Waals surface area contributed by atoms with Crippen molar-refractivity contribution in [3.05, 3.63) is 69.7 Å². The van der Waals surface area contributed by atoms with E-state index in [0.717, 1.165) is 24.0 Å². The summed E-state index contributed by atoms with van der Waals surface area (Å²) in [5, 5.41) is 10.9. The second-order valence-corrected chi connectivity index (χ2v) is 13.3. The molecule has 1 unspecified atom stereocenters. The first-order valence-corrected chi connectivity index (χ1v) is 15.0. The van der Waals surface area contributed by atoms with Gasteiger partial charge in [0.1, 0.15) is 9.84 Å². The summed E-state index contributed by atoms with van der Waals surface area (Å²) >= 11 is 12.6. The quantitative estimate of drug-likeness (QED) is 0.428. The largest absolute Gasteiger partial charge is 0.481 e. The first kappa shape index (κ1) is 27.0. The number of nitrogens with zero attached hydrogens (tertiary/aromatic N) is 1. The van der Waals surface area contributed by atoms with Crippen LogP contribution in [0.5, 0.6) is 0 Å². The van der Waals surface area contributed by atoms with Crippen molar-refractivity contribution < 1.29 is 23.1 Å². The van der Waals surface area contributed by atoms with Gasteiger partial charge in [-0.25, -0.2) is 8.42 Å². The van der Waals surface area contributed by atoms with Crippen LogP contribution < -0.4 is 0 Å². The van der Waals surface area contributed by atoms with Crippen molar-refractivity contribution in [2.45, 2.75) is 57.0 Å². The molecule has 2 aliphatic rings. The van der Waals surface area contributed by atoms with Crippen molar-refractivity contribution in [3.8, 4) is 0 Å². The molecule has 1 saturated heterocycles. The molecule has 1 amide bonds. The minimum atomic E-state index is -3.42. The lowest BCUT2D eigenvalue weighted by atomic mass is 9.65. The van der Waals surface area contributed by atoms with Crippen molar-refractivity contribution in [2.75, 3.05) is 12.0 Å². The smallest absolute Gasteiger partial charge is 0.304 e. The number of likely N-dealkylation sites (tertiary alicyclic amines) is 1. The standard InChI is InChI=1S/C27H31Cl2NO5S/c1-3-27(15-24(31)32)14-22(19-5-4-6-21(29)13-19)25(18-9-11-20(28)12-10-18)30(26(27)33)23(17-7-8-17)16-36(2,34)35/h4-6,9-13,17,22-23,25H,3,7-8,14-16H2,1-2H3,(H,31,32)/t22-,23?,25-,27-/m1/s1. The number of carboxylic acid groups (broad SMARTS) is 1. The number of sulfone groups is 1. The first-order chi connectivity index (χ1) is 16.9. The molecule has 194 valence electrons. The fourth-order valence-corrected chi connectivity index (χ4v) is 7.13. The zero-order chi connectivity index (χ0) is 26.3. The normalized spacial score (nSPS) is 25.6. The molecule has 2 fully saturated rings. The van der Waals surface area contributed by atoms with Gasteiger partial charge in [0, 0.05) is 28.3 Å². The minimum Gasteiger partial charge on any atom is -0.481 e. The van der Waals surface area contributed by atoms with Gasteiger partial charge in [-0.05, 0) is 67.0 Å². The molecule has 2 aromatic rings. The van der Waals surface area contributed by atoms with Gasteiger partial charge in [-0.2, -0.15) is 0 Å². The van der Waals surface area contributed by atoms with E-state index in [1.54, 1.807) is 23.1 Å². The third-order valence-corrected chi connectivity index (χ3v) is 9.07. The van der Waals surface area contributed by atoms with Crippen molar-refractivity contribution in [1.82, 2.24) is 4.90 Å². The molecule has 1 saturated carbocycles. The molecule has 36 heavy (non-hydrogen) atoms. The number of amides is 1. The lowest BCUT2D eigenvalue weighted by molar-refractivity contribution is -0.162. The third kappa shape index (κ3) is 5.74. The molecule has 0 bridgehead atoms. The molecule has 1 aliphatic heterocycles. The Bertz CT molecular complexity index is 1250. The molecule has 0 aromatic heterocycles. The third-order valence-electron chi connectivity index (χ3n) is 7.63. The maximum absolute atomic E-state index is 14.4. The van der Waals surface area contributed by atoms with Crippen molar-refractivity contribution in [1.29, 1.82) is 0 Å². The van der Waals surface area contributed by atoms with E-state index in [2.05, 4.69) is 0 Å². The molecule has 4 rings (SSSR count). The van der Waals surface area contributed by atoms with Crippen LogP contribution in [0.25, 0.3) is 0 Å². The number of hydrogen-bond donors (Lipinski definition) is 1. The number of hydrogen-bond acceptors (Lipinski definition) is 4. The van der Waals surface area contributed by atoms with Crippen LogP contribution in [0, 0.1) is 11.3 Å². The average molecular weight is 553 g/mol. The van der Waals surface area contributed by atoms with Gasteiger partial charge in [0.05, 0.1) is 23.6 Å². The van der Waals surface area contributed by atoms with E-state index in [1.807, 2.05) is 37.3 Å². The topological polar surface area (TPSA) is 91.8 Å². The molecule has 0 radical (unpaired) electrons. The monoisotopic (exact) mass is 551 g/mol. The van der Waals surface area contributed by atoms with Gasteiger partial charge < -0.3 is 10.0 Å². The summed E-state index contributed by atoms with van der Waals surface area (Å²) in [5.74, 6) is -1.74. The van der Waals surface area contributed by atoms with Gasteiger partial charge in [-0.1, -0.05) is 54.4 Å². The van der Waals surface area contributed by atoms with Crippen LogP contribution in [0.2, 0.25) is 10.0 Å². The van der Waals surface area contributed by atoms with E-state index in [9.17, 15) is 23.1 Å². The summed E-state index contributed by atoms with van der Waals surface area (Å²) < 4.78 is 25.1. The maximum atomic E-state index is 14.4. The minimum absolute atomic E-state index is 0.0518. The fraction of sp³-hybridized carbons (Fsp3) is 0.481. The highest BCUT2D eigenvalue weighted by Crippen LogP contribution is 2.55. The number of aliphatic carboxylic acids is 1.